The second kappa shape index (κ2) is 7.24. The van der Waals surface area contributed by atoms with Crippen LogP contribution in [0.1, 0.15) is 92.6 Å². The fourth-order valence-electron chi connectivity index (χ4n) is 4.95. The van der Waals surface area contributed by atoms with Gasteiger partial charge in [0, 0.05) is 0 Å². The molecule has 0 heterocycles. The minimum absolute atomic E-state index is 0.182. The van der Waals surface area contributed by atoms with Crippen LogP contribution in [-0.4, -0.2) is 11.1 Å². The van der Waals surface area contributed by atoms with E-state index in [2.05, 4.69) is 59.8 Å². The van der Waals surface area contributed by atoms with Gasteiger partial charge in [0.25, 0.3) is 0 Å². The number of allylic oxidation sites excluding steroid dienone is 1. The molecule has 0 bridgehead atoms. The van der Waals surface area contributed by atoms with Crippen molar-refractivity contribution in [2.24, 2.45) is 0 Å². The molecule has 0 unspecified atom stereocenters. The van der Waals surface area contributed by atoms with Gasteiger partial charge in [0.15, 0.2) is 0 Å². The van der Waals surface area contributed by atoms with E-state index < -0.39 is 5.97 Å². The van der Waals surface area contributed by atoms with E-state index in [9.17, 15) is 4.79 Å². The van der Waals surface area contributed by atoms with Crippen LogP contribution in [0.25, 0.3) is 11.6 Å². The molecule has 2 heteroatoms. The van der Waals surface area contributed by atoms with Crippen LogP contribution in [0.3, 0.4) is 0 Å². The molecule has 0 spiro atoms. The maximum Gasteiger partial charge on any atom is 0.335 e. The summed E-state index contributed by atoms with van der Waals surface area (Å²) in [5.74, 6) is -0.888. The highest BCUT2D eigenvalue weighted by Gasteiger charge is 2.42. The molecule has 0 aromatic heterocycles. The summed E-state index contributed by atoms with van der Waals surface area (Å²) in [5.41, 5.74) is 8.70. The molecule has 0 saturated heterocycles. The molecule has 0 fully saturated rings. The van der Waals surface area contributed by atoms with Crippen molar-refractivity contribution >= 4 is 17.6 Å². The summed E-state index contributed by atoms with van der Waals surface area (Å²) in [5, 5.41) is 9.10. The zero-order valence-corrected chi connectivity index (χ0v) is 18.0. The van der Waals surface area contributed by atoms with Crippen LogP contribution < -0.4 is 0 Å². The molecule has 1 aliphatic carbocycles. The fourth-order valence-corrected chi connectivity index (χ4v) is 4.95. The molecule has 3 rings (SSSR count). The Hall–Kier alpha value is -2.35. The minimum atomic E-state index is -0.888. The second-order valence-electron chi connectivity index (χ2n) is 9.50. The van der Waals surface area contributed by atoms with Crippen LogP contribution in [0, 0.1) is 0 Å². The number of carboxylic acids is 1. The number of benzene rings is 2. The van der Waals surface area contributed by atoms with E-state index in [1.165, 1.54) is 34.2 Å². The third kappa shape index (κ3) is 3.78. The lowest BCUT2D eigenvalue weighted by molar-refractivity contribution is 0.0697. The van der Waals surface area contributed by atoms with E-state index in [0.717, 1.165) is 18.4 Å². The summed E-state index contributed by atoms with van der Waals surface area (Å²) in [7, 11) is 0. The van der Waals surface area contributed by atoms with Crippen LogP contribution in [-0.2, 0) is 17.3 Å². The Labute approximate surface area is 169 Å². The summed E-state index contributed by atoms with van der Waals surface area (Å²) >= 11 is 0. The normalized spacial score (nSPS) is 17.4. The van der Waals surface area contributed by atoms with E-state index in [1.54, 1.807) is 12.1 Å². The molecule has 2 aromatic rings. The van der Waals surface area contributed by atoms with Crippen molar-refractivity contribution in [2.75, 3.05) is 0 Å². The summed E-state index contributed by atoms with van der Waals surface area (Å²) < 4.78 is 0. The number of hydrogen-bond donors (Lipinski definition) is 1. The average Bonchev–Trinajstić information content (AvgIpc) is 2.79. The molecule has 28 heavy (non-hydrogen) atoms. The molecule has 0 atom stereocenters. The number of fused-ring (bicyclic) bond motifs is 1. The zero-order chi connectivity index (χ0) is 20.7. The number of carbonyl (C=O) groups is 1. The molecular formula is C26H32O2. The molecule has 2 aromatic carbocycles. The molecule has 148 valence electrons. The van der Waals surface area contributed by atoms with Crippen molar-refractivity contribution in [1.82, 2.24) is 0 Å². The van der Waals surface area contributed by atoms with Crippen LogP contribution in [0.4, 0.5) is 0 Å². The maximum absolute atomic E-state index is 11.1. The summed E-state index contributed by atoms with van der Waals surface area (Å²) in [4.78, 5) is 11.1. The van der Waals surface area contributed by atoms with E-state index in [1.807, 2.05) is 12.1 Å². The SMILES string of the molecule is CCCc1cc2c(cc1/C(C)=C/c1ccc(C(=O)O)cc1)C(C)(C)CC2(C)C. The summed E-state index contributed by atoms with van der Waals surface area (Å²) in [6.45, 7) is 13.8. The van der Waals surface area contributed by atoms with Gasteiger partial charge in [0.1, 0.15) is 0 Å². The van der Waals surface area contributed by atoms with E-state index >= 15 is 0 Å². The minimum Gasteiger partial charge on any atom is -0.478 e. The topological polar surface area (TPSA) is 37.3 Å². The lowest BCUT2D eigenvalue weighted by Crippen LogP contribution is -2.18. The number of rotatable bonds is 5. The van der Waals surface area contributed by atoms with Gasteiger partial charge in [-0.05, 0) is 76.1 Å². The van der Waals surface area contributed by atoms with Gasteiger partial charge in [-0.15, -0.1) is 0 Å². The van der Waals surface area contributed by atoms with Gasteiger partial charge in [-0.2, -0.15) is 0 Å². The third-order valence-electron chi connectivity index (χ3n) is 6.07. The molecule has 0 radical (unpaired) electrons. The number of carboxylic acid groups (broad SMARTS) is 1. The first-order valence-corrected chi connectivity index (χ1v) is 10.2. The fraction of sp³-hybridized carbons (Fsp3) is 0.423. The van der Waals surface area contributed by atoms with E-state index in [-0.39, 0.29) is 10.8 Å². The van der Waals surface area contributed by atoms with Gasteiger partial charge in [-0.3, -0.25) is 0 Å². The monoisotopic (exact) mass is 376 g/mol. The van der Waals surface area contributed by atoms with Crippen molar-refractivity contribution in [3.63, 3.8) is 0 Å². The Morgan fingerprint density at radius 1 is 1.04 bits per heavy atom. The molecule has 2 nitrogen and oxygen atoms in total. The highest BCUT2D eigenvalue weighted by molar-refractivity contribution is 5.88. The first-order chi connectivity index (χ1) is 13.0. The van der Waals surface area contributed by atoms with Crippen molar-refractivity contribution in [3.05, 3.63) is 69.8 Å². The Morgan fingerprint density at radius 3 is 2.14 bits per heavy atom. The second-order valence-corrected chi connectivity index (χ2v) is 9.50. The maximum atomic E-state index is 11.1. The van der Waals surface area contributed by atoms with Gasteiger partial charge >= 0.3 is 5.97 Å². The van der Waals surface area contributed by atoms with Gasteiger partial charge in [0.2, 0.25) is 0 Å². The Morgan fingerprint density at radius 2 is 1.61 bits per heavy atom. The number of hydrogen-bond acceptors (Lipinski definition) is 1. The highest BCUT2D eigenvalue weighted by atomic mass is 16.4. The average molecular weight is 377 g/mol. The Bertz CT molecular complexity index is 928. The van der Waals surface area contributed by atoms with Crippen molar-refractivity contribution in [2.45, 2.75) is 71.6 Å². The third-order valence-corrected chi connectivity index (χ3v) is 6.07. The highest BCUT2D eigenvalue weighted by Crippen LogP contribution is 2.50. The van der Waals surface area contributed by atoms with E-state index in [4.69, 9.17) is 5.11 Å². The zero-order valence-electron chi connectivity index (χ0n) is 18.0. The first-order valence-electron chi connectivity index (χ1n) is 10.2. The van der Waals surface area contributed by atoms with Crippen molar-refractivity contribution < 1.29 is 9.90 Å². The van der Waals surface area contributed by atoms with Crippen molar-refractivity contribution in [3.8, 4) is 0 Å². The molecule has 0 aliphatic heterocycles. The Balaban J connectivity index is 2.08. The van der Waals surface area contributed by atoms with Crippen molar-refractivity contribution in [1.29, 1.82) is 0 Å². The van der Waals surface area contributed by atoms with Crippen LogP contribution in [0.5, 0.6) is 0 Å². The molecule has 1 N–H and O–H groups in total. The molecule has 0 amide bonds. The largest absolute Gasteiger partial charge is 0.478 e. The lowest BCUT2D eigenvalue weighted by atomic mass is 9.82. The van der Waals surface area contributed by atoms with Crippen LogP contribution >= 0.6 is 0 Å². The standard InChI is InChI=1S/C26H32O2/c1-7-8-20-14-22-23(26(5,6)16-25(22,3)4)15-21(20)17(2)13-18-9-11-19(12-10-18)24(27)28/h9-15H,7-8,16H2,1-6H3,(H,27,28)/b17-13+. The summed E-state index contributed by atoms with van der Waals surface area (Å²) in [6.07, 6.45) is 5.53. The Kier molecular flexibility index (Phi) is 5.27. The van der Waals surface area contributed by atoms with Gasteiger partial charge in [0.05, 0.1) is 5.56 Å². The number of aryl methyl sites for hydroxylation is 1. The quantitative estimate of drug-likeness (QED) is 0.579. The van der Waals surface area contributed by atoms with E-state index in [0.29, 0.717) is 5.56 Å². The van der Waals surface area contributed by atoms with Gasteiger partial charge in [-0.25, -0.2) is 4.79 Å². The van der Waals surface area contributed by atoms with Gasteiger partial charge < -0.3 is 5.11 Å². The first kappa shape index (κ1) is 20.4. The molecular weight excluding hydrogens is 344 g/mol. The van der Waals surface area contributed by atoms with Crippen LogP contribution in [0.2, 0.25) is 0 Å². The number of aromatic carboxylic acids is 1. The molecule has 0 saturated carbocycles. The van der Waals surface area contributed by atoms with Gasteiger partial charge in [-0.1, -0.05) is 71.4 Å². The predicted octanol–water partition coefficient (Wildman–Crippen LogP) is 6.86. The summed E-state index contributed by atoms with van der Waals surface area (Å²) in [6, 6.07) is 12.0. The predicted molar refractivity (Wildman–Crippen MR) is 118 cm³/mol. The smallest absolute Gasteiger partial charge is 0.335 e. The van der Waals surface area contributed by atoms with Crippen LogP contribution in [0.15, 0.2) is 36.4 Å². The lowest BCUT2D eigenvalue weighted by Gasteiger charge is -2.22. The molecule has 1 aliphatic rings.